The van der Waals surface area contributed by atoms with Gasteiger partial charge in [0.05, 0.1) is 42.0 Å². The predicted octanol–water partition coefficient (Wildman–Crippen LogP) is 5.47. The monoisotopic (exact) mass is 478 g/mol. The van der Waals surface area contributed by atoms with Crippen LogP contribution in [0.25, 0.3) is 22.3 Å². The Morgan fingerprint density at radius 3 is 2.57 bits per heavy atom. The molecule has 0 aliphatic heterocycles. The molecular weight excluding hydrogens is 455 g/mol. The van der Waals surface area contributed by atoms with Crippen LogP contribution in [0.15, 0.2) is 54.9 Å². The second kappa shape index (κ2) is 9.05. The van der Waals surface area contributed by atoms with Crippen molar-refractivity contribution >= 4 is 34.5 Å². The van der Waals surface area contributed by atoms with E-state index in [2.05, 4.69) is 15.3 Å². The van der Waals surface area contributed by atoms with Crippen LogP contribution >= 0.6 is 0 Å². The first-order chi connectivity index (χ1) is 16.6. The van der Waals surface area contributed by atoms with Gasteiger partial charge in [0.25, 0.3) is 0 Å². The summed E-state index contributed by atoms with van der Waals surface area (Å²) in [5.41, 5.74) is 0.461. The maximum absolute atomic E-state index is 13.9. The summed E-state index contributed by atoms with van der Waals surface area (Å²) < 4.78 is 26.1. The third kappa shape index (κ3) is 4.91. The van der Waals surface area contributed by atoms with Gasteiger partial charge in [0.1, 0.15) is 28.7 Å². The zero-order valence-corrected chi connectivity index (χ0v) is 19.5. The van der Waals surface area contributed by atoms with E-state index in [4.69, 9.17) is 9.47 Å². The summed E-state index contributed by atoms with van der Waals surface area (Å²) >= 11 is 0. The Morgan fingerprint density at radius 1 is 1.11 bits per heavy atom. The second-order valence-electron chi connectivity index (χ2n) is 8.65. The number of carboxylic acid groups (broad SMARTS) is 1. The summed E-state index contributed by atoms with van der Waals surface area (Å²) in [4.78, 5) is 33.5. The fourth-order valence-electron chi connectivity index (χ4n) is 3.57. The van der Waals surface area contributed by atoms with Crippen molar-refractivity contribution in [1.29, 1.82) is 0 Å². The van der Waals surface area contributed by atoms with Crippen LogP contribution in [0.1, 0.15) is 31.1 Å². The maximum Gasteiger partial charge on any atom is 0.419 e. The second-order valence-corrected chi connectivity index (χ2v) is 8.65. The lowest BCUT2D eigenvalue weighted by Crippen LogP contribution is -2.27. The van der Waals surface area contributed by atoms with E-state index < -0.39 is 23.5 Å². The van der Waals surface area contributed by atoms with Crippen LogP contribution in [0.2, 0.25) is 0 Å². The number of ether oxygens (including phenoxy) is 2. The van der Waals surface area contributed by atoms with Crippen molar-refractivity contribution < 1.29 is 28.6 Å². The first-order valence-corrected chi connectivity index (χ1v) is 10.6. The zero-order chi connectivity index (χ0) is 25.3. The number of para-hydroxylation sites is 1. The van der Waals surface area contributed by atoms with Crippen molar-refractivity contribution in [2.24, 2.45) is 0 Å². The Balaban J connectivity index is 1.83. The summed E-state index contributed by atoms with van der Waals surface area (Å²) in [5.74, 6) is -1.09. The van der Waals surface area contributed by atoms with Gasteiger partial charge in [-0.05, 0) is 57.2 Å². The molecule has 2 N–H and O–H groups in total. The van der Waals surface area contributed by atoms with Crippen LogP contribution in [-0.4, -0.2) is 44.4 Å². The van der Waals surface area contributed by atoms with E-state index in [9.17, 15) is 19.1 Å². The molecule has 0 fully saturated rings. The molecule has 4 rings (SSSR count). The average Bonchev–Trinajstić information content (AvgIpc) is 3.17. The number of aromatic carboxylic acids is 1. The number of carbonyl (C=O) groups excluding carboxylic acids is 1. The molecule has 0 aliphatic rings. The molecule has 9 nitrogen and oxygen atoms in total. The van der Waals surface area contributed by atoms with E-state index in [0.717, 1.165) is 0 Å². The van der Waals surface area contributed by atoms with Gasteiger partial charge in [-0.3, -0.25) is 4.98 Å². The van der Waals surface area contributed by atoms with Crippen molar-refractivity contribution in [2.75, 3.05) is 12.4 Å². The SMILES string of the molecule is COc1cccc(C(=O)O)c1Nc1cncc(-c2cc3cc(F)ccc3n2C(=O)OC(C)(C)C)n1. The highest BCUT2D eigenvalue weighted by Gasteiger charge is 2.24. The summed E-state index contributed by atoms with van der Waals surface area (Å²) in [5, 5.41) is 13.0. The van der Waals surface area contributed by atoms with Crippen LogP contribution in [0, 0.1) is 5.82 Å². The number of methoxy groups -OCH3 is 1. The third-order valence-electron chi connectivity index (χ3n) is 4.97. The van der Waals surface area contributed by atoms with Gasteiger partial charge in [0.2, 0.25) is 0 Å². The Bertz CT molecular complexity index is 1440. The fourth-order valence-corrected chi connectivity index (χ4v) is 3.57. The average molecular weight is 478 g/mol. The highest BCUT2D eigenvalue weighted by molar-refractivity contribution is 5.97. The minimum absolute atomic E-state index is 0.0186. The third-order valence-corrected chi connectivity index (χ3v) is 4.97. The molecule has 2 aromatic heterocycles. The van der Waals surface area contributed by atoms with Crippen LogP contribution in [-0.2, 0) is 4.74 Å². The quantitative estimate of drug-likeness (QED) is 0.388. The van der Waals surface area contributed by atoms with Crippen molar-refractivity contribution in [3.63, 3.8) is 0 Å². The van der Waals surface area contributed by atoms with Crippen molar-refractivity contribution in [1.82, 2.24) is 14.5 Å². The van der Waals surface area contributed by atoms with Gasteiger partial charge in [-0.2, -0.15) is 0 Å². The molecule has 180 valence electrons. The van der Waals surface area contributed by atoms with Gasteiger partial charge in [-0.25, -0.2) is 23.5 Å². The number of hydrogen-bond donors (Lipinski definition) is 2. The molecule has 0 saturated carbocycles. The number of nitrogens with one attached hydrogen (secondary N) is 1. The molecule has 0 atom stereocenters. The number of aromatic nitrogens is 3. The molecule has 2 heterocycles. The highest BCUT2D eigenvalue weighted by atomic mass is 19.1. The van der Waals surface area contributed by atoms with E-state index in [1.807, 2.05) is 0 Å². The summed E-state index contributed by atoms with van der Waals surface area (Å²) in [6.07, 6.45) is 2.19. The number of fused-ring (bicyclic) bond motifs is 1. The molecule has 0 radical (unpaired) electrons. The van der Waals surface area contributed by atoms with Gasteiger partial charge >= 0.3 is 12.1 Å². The molecule has 0 unspecified atom stereocenters. The van der Waals surface area contributed by atoms with Crippen molar-refractivity contribution in [2.45, 2.75) is 26.4 Å². The van der Waals surface area contributed by atoms with E-state index in [0.29, 0.717) is 22.3 Å². The first kappa shape index (κ1) is 23.7. The molecule has 10 heteroatoms. The smallest absolute Gasteiger partial charge is 0.419 e. The number of carboxylic acids is 1. The standard InChI is InChI=1S/C25H23FN4O5/c1-25(2,3)35-24(33)30-18-9-8-15(26)10-14(18)11-19(30)17-12-27-13-21(28-17)29-22-16(23(31)32)6-5-7-20(22)34-4/h5-13H,1-4H3,(H,28,29)(H,31,32). The molecule has 4 aromatic rings. The predicted molar refractivity (Wildman–Crippen MR) is 128 cm³/mol. The lowest BCUT2D eigenvalue weighted by Gasteiger charge is -2.21. The van der Waals surface area contributed by atoms with Crippen molar-refractivity contribution in [3.8, 4) is 17.1 Å². The van der Waals surface area contributed by atoms with Gasteiger partial charge < -0.3 is 19.9 Å². The number of carbonyl (C=O) groups is 2. The number of nitrogens with zero attached hydrogens (tertiary/aromatic N) is 3. The maximum atomic E-state index is 13.9. The lowest BCUT2D eigenvalue weighted by atomic mass is 10.1. The Morgan fingerprint density at radius 2 is 1.89 bits per heavy atom. The Hall–Kier alpha value is -4.47. The Labute approximate surface area is 200 Å². The molecule has 0 spiro atoms. The normalized spacial score (nSPS) is 11.3. The van der Waals surface area contributed by atoms with Gasteiger partial charge in [0.15, 0.2) is 0 Å². The Kier molecular flexibility index (Phi) is 6.12. The van der Waals surface area contributed by atoms with Crippen LogP contribution < -0.4 is 10.1 Å². The van der Waals surface area contributed by atoms with E-state index in [1.165, 1.54) is 48.3 Å². The molecule has 2 aromatic carbocycles. The lowest BCUT2D eigenvalue weighted by molar-refractivity contribution is 0.0546. The van der Waals surface area contributed by atoms with Crippen LogP contribution in [0.4, 0.5) is 20.7 Å². The number of rotatable bonds is 5. The first-order valence-electron chi connectivity index (χ1n) is 10.6. The highest BCUT2D eigenvalue weighted by Crippen LogP contribution is 2.33. The topological polar surface area (TPSA) is 116 Å². The van der Waals surface area contributed by atoms with Crippen LogP contribution in [0.3, 0.4) is 0 Å². The molecule has 0 saturated heterocycles. The van der Waals surface area contributed by atoms with Gasteiger partial charge in [0, 0.05) is 5.39 Å². The van der Waals surface area contributed by atoms with Gasteiger partial charge in [-0.15, -0.1) is 0 Å². The summed E-state index contributed by atoms with van der Waals surface area (Å²) in [7, 11) is 1.42. The molecule has 0 amide bonds. The van der Waals surface area contributed by atoms with Crippen LogP contribution in [0.5, 0.6) is 5.75 Å². The van der Waals surface area contributed by atoms with E-state index in [-0.39, 0.29) is 22.8 Å². The summed E-state index contributed by atoms with van der Waals surface area (Å²) in [6.45, 7) is 5.23. The molecule has 0 aliphatic carbocycles. The fraction of sp³-hybridized carbons (Fsp3) is 0.200. The minimum Gasteiger partial charge on any atom is -0.495 e. The minimum atomic E-state index is -1.15. The van der Waals surface area contributed by atoms with E-state index >= 15 is 0 Å². The number of anilines is 2. The van der Waals surface area contributed by atoms with Gasteiger partial charge in [-0.1, -0.05) is 6.07 Å². The molecular formula is C25H23FN4O5. The van der Waals surface area contributed by atoms with Crippen molar-refractivity contribution in [3.05, 3.63) is 66.2 Å². The van der Waals surface area contributed by atoms with E-state index in [1.54, 1.807) is 39.0 Å². The zero-order valence-electron chi connectivity index (χ0n) is 19.5. The number of benzene rings is 2. The largest absolute Gasteiger partial charge is 0.495 e. The summed E-state index contributed by atoms with van der Waals surface area (Å²) in [6, 6.07) is 10.3. The number of halogens is 1. The molecule has 0 bridgehead atoms. The molecule has 35 heavy (non-hydrogen) atoms. The number of hydrogen-bond acceptors (Lipinski definition) is 7.